The van der Waals surface area contributed by atoms with Crippen LogP contribution < -0.4 is 0 Å². The van der Waals surface area contributed by atoms with Gasteiger partial charge in [-0.15, -0.1) is 11.3 Å². The molecule has 2 atom stereocenters. The van der Waals surface area contributed by atoms with Gasteiger partial charge in [0.1, 0.15) is 6.61 Å². The van der Waals surface area contributed by atoms with Gasteiger partial charge in [-0.3, -0.25) is 14.5 Å². The summed E-state index contributed by atoms with van der Waals surface area (Å²) >= 11 is 1.84. The van der Waals surface area contributed by atoms with Gasteiger partial charge in [0.05, 0.1) is 12.6 Å². The van der Waals surface area contributed by atoms with Gasteiger partial charge in [0.15, 0.2) is 0 Å². The van der Waals surface area contributed by atoms with E-state index in [4.69, 9.17) is 4.74 Å². The van der Waals surface area contributed by atoms with Crippen LogP contribution in [0.3, 0.4) is 0 Å². The first kappa shape index (κ1) is 26.6. The number of thiophene rings is 1. The molecule has 200 valence electrons. The van der Waals surface area contributed by atoms with Crippen LogP contribution in [0.25, 0.3) is 0 Å². The highest BCUT2D eigenvalue weighted by Crippen LogP contribution is 2.38. The molecule has 3 aromatic rings. The Bertz CT molecular complexity index is 1240. The number of hydrogen-bond donors (Lipinski definition) is 0. The second kappa shape index (κ2) is 12.2. The molecule has 3 heterocycles. The first-order valence-corrected chi connectivity index (χ1v) is 14.4. The zero-order valence-electron chi connectivity index (χ0n) is 22.3. The van der Waals surface area contributed by atoms with E-state index >= 15 is 0 Å². The molecule has 38 heavy (non-hydrogen) atoms. The first-order chi connectivity index (χ1) is 18.5. The van der Waals surface area contributed by atoms with Gasteiger partial charge < -0.3 is 14.5 Å². The number of carbonyl (C=O) groups excluding carboxylic acids is 2. The number of aryl methyl sites for hydroxylation is 1. The van der Waals surface area contributed by atoms with Crippen molar-refractivity contribution in [3.8, 4) is 0 Å². The number of nitrogens with zero attached hydrogens (tertiary/aromatic N) is 3. The van der Waals surface area contributed by atoms with Crippen molar-refractivity contribution in [3.05, 3.63) is 93.2 Å². The zero-order chi connectivity index (χ0) is 26.5. The van der Waals surface area contributed by atoms with Gasteiger partial charge in [-0.2, -0.15) is 0 Å². The van der Waals surface area contributed by atoms with Crippen LogP contribution in [0.1, 0.15) is 46.5 Å². The van der Waals surface area contributed by atoms with Crippen molar-refractivity contribution in [3.63, 3.8) is 0 Å². The third-order valence-corrected chi connectivity index (χ3v) is 8.80. The standard InChI is InChI=1S/C31H37N3O3S/c1-23-8-6-7-11-26(23)31-27-14-19-38-28(27)12-15-32(31)16-13-29(35)33-17-18-34(24(2)20-33)30(36)22-37-21-25-9-4-3-5-10-25/h3-11,14,19,24,31H,12-13,15-18,20-22H2,1-2H3. The molecule has 7 heteroatoms. The maximum Gasteiger partial charge on any atom is 0.248 e. The number of rotatable bonds is 8. The molecule has 0 aliphatic carbocycles. The molecule has 0 saturated carbocycles. The number of piperazine rings is 1. The van der Waals surface area contributed by atoms with E-state index in [0.29, 0.717) is 32.7 Å². The summed E-state index contributed by atoms with van der Waals surface area (Å²) in [4.78, 5) is 33.8. The van der Waals surface area contributed by atoms with Gasteiger partial charge in [0.2, 0.25) is 11.8 Å². The maximum atomic E-state index is 13.3. The molecule has 1 fully saturated rings. The van der Waals surface area contributed by atoms with E-state index in [9.17, 15) is 9.59 Å². The lowest BCUT2D eigenvalue weighted by atomic mass is 9.90. The summed E-state index contributed by atoms with van der Waals surface area (Å²) in [5.41, 5.74) is 5.06. The van der Waals surface area contributed by atoms with E-state index in [2.05, 4.69) is 47.5 Å². The van der Waals surface area contributed by atoms with Gasteiger partial charge >= 0.3 is 0 Å². The minimum absolute atomic E-state index is 0.0125. The molecule has 2 aromatic carbocycles. The molecule has 1 saturated heterocycles. The van der Waals surface area contributed by atoms with E-state index in [1.54, 1.807) is 0 Å². The summed E-state index contributed by atoms with van der Waals surface area (Å²) in [6.07, 6.45) is 1.52. The lowest BCUT2D eigenvalue weighted by Crippen LogP contribution is -2.56. The smallest absolute Gasteiger partial charge is 0.248 e. The number of ether oxygens (including phenoxy) is 1. The Balaban J connectivity index is 1.14. The van der Waals surface area contributed by atoms with Crippen LogP contribution >= 0.6 is 11.3 Å². The minimum atomic E-state index is -0.0245. The second-order valence-electron chi connectivity index (χ2n) is 10.3. The lowest BCUT2D eigenvalue weighted by molar-refractivity contribution is -0.146. The van der Waals surface area contributed by atoms with Crippen LogP contribution in [-0.4, -0.2) is 71.9 Å². The Labute approximate surface area is 229 Å². The highest BCUT2D eigenvalue weighted by Gasteiger charge is 2.33. The number of hydrogen-bond acceptors (Lipinski definition) is 5. The molecule has 0 radical (unpaired) electrons. The van der Waals surface area contributed by atoms with Crippen molar-refractivity contribution < 1.29 is 14.3 Å². The van der Waals surface area contributed by atoms with Crippen LogP contribution in [0, 0.1) is 6.92 Å². The average Bonchev–Trinajstić information content (AvgIpc) is 3.41. The molecule has 0 spiro atoms. The molecular weight excluding hydrogens is 494 g/mol. The van der Waals surface area contributed by atoms with Gasteiger partial charge in [-0.25, -0.2) is 0 Å². The Morgan fingerprint density at radius 2 is 1.74 bits per heavy atom. The molecule has 1 aromatic heterocycles. The largest absolute Gasteiger partial charge is 0.367 e. The van der Waals surface area contributed by atoms with Crippen LogP contribution in [0.15, 0.2) is 66.0 Å². The topological polar surface area (TPSA) is 53.1 Å². The normalized spacial score (nSPS) is 19.8. The molecule has 2 amide bonds. The average molecular weight is 532 g/mol. The van der Waals surface area contributed by atoms with E-state index in [0.717, 1.165) is 25.1 Å². The van der Waals surface area contributed by atoms with Gasteiger partial charge in [-0.1, -0.05) is 54.6 Å². The molecule has 5 rings (SSSR count). The van der Waals surface area contributed by atoms with Gasteiger partial charge in [0.25, 0.3) is 0 Å². The number of carbonyl (C=O) groups is 2. The molecule has 2 unspecified atom stereocenters. The van der Waals surface area contributed by atoms with Crippen molar-refractivity contribution in [2.24, 2.45) is 0 Å². The predicted molar refractivity (Wildman–Crippen MR) is 151 cm³/mol. The summed E-state index contributed by atoms with van der Waals surface area (Å²) < 4.78 is 5.66. The minimum Gasteiger partial charge on any atom is -0.367 e. The fraction of sp³-hybridized carbons (Fsp3) is 0.419. The Morgan fingerprint density at radius 1 is 0.947 bits per heavy atom. The molecule has 6 nitrogen and oxygen atoms in total. The van der Waals surface area contributed by atoms with Crippen LogP contribution in [0.5, 0.6) is 0 Å². The Hall–Kier alpha value is -3.00. The number of benzene rings is 2. The fourth-order valence-electron chi connectivity index (χ4n) is 5.73. The highest BCUT2D eigenvalue weighted by molar-refractivity contribution is 7.10. The van der Waals surface area contributed by atoms with E-state index < -0.39 is 0 Å². The van der Waals surface area contributed by atoms with Crippen LogP contribution in [0.2, 0.25) is 0 Å². The summed E-state index contributed by atoms with van der Waals surface area (Å²) in [6, 6.07) is 20.9. The van der Waals surface area contributed by atoms with E-state index in [1.807, 2.05) is 58.4 Å². The molecule has 2 aliphatic rings. The van der Waals surface area contributed by atoms with Crippen molar-refractivity contribution in [1.29, 1.82) is 0 Å². The summed E-state index contributed by atoms with van der Waals surface area (Å²) in [7, 11) is 0. The number of fused-ring (bicyclic) bond motifs is 1. The van der Waals surface area contributed by atoms with Crippen molar-refractivity contribution in [2.75, 3.05) is 39.3 Å². The zero-order valence-corrected chi connectivity index (χ0v) is 23.2. The summed E-state index contributed by atoms with van der Waals surface area (Å²) in [6.45, 7) is 8.06. The van der Waals surface area contributed by atoms with Crippen molar-refractivity contribution in [2.45, 2.75) is 45.4 Å². The number of amides is 2. The lowest BCUT2D eigenvalue weighted by Gasteiger charge is -2.41. The summed E-state index contributed by atoms with van der Waals surface area (Å²) in [5, 5.41) is 2.19. The van der Waals surface area contributed by atoms with Crippen LogP contribution in [0.4, 0.5) is 0 Å². The summed E-state index contributed by atoms with van der Waals surface area (Å²) in [5.74, 6) is 0.158. The quantitative estimate of drug-likeness (QED) is 0.424. The monoisotopic (exact) mass is 531 g/mol. The molecule has 0 N–H and O–H groups in total. The molecule has 0 bridgehead atoms. The van der Waals surface area contributed by atoms with E-state index in [1.165, 1.54) is 21.6 Å². The predicted octanol–water partition coefficient (Wildman–Crippen LogP) is 4.67. The Morgan fingerprint density at radius 3 is 2.53 bits per heavy atom. The highest BCUT2D eigenvalue weighted by atomic mass is 32.1. The first-order valence-electron chi connectivity index (χ1n) is 13.6. The third-order valence-electron chi connectivity index (χ3n) is 7.80. The van der Waals surface area contributed by atoms with Crippen LogP contribution in [-0.2, 0) is 27.4 Å². The third kappa shape index (κ3) is 6.01. The fourth-order valence-corrected chi connectivity index (χ4v) is 6.64. The Kier molecular flexibility index (Phi) is 8.57. The van der Waals surface area contributed by atoms with E-state index in [-0.39, 0.29) is 30.5 Å². The van der Waals surface area contributed by atoms with Gasteiger partial charge in [0, 0.05) is 50.1 Å². The van der Waals surface area contributed by atoms with Crippen molar-refractivity contribution >= 4 is 23.2 Å². The molecular formula is C31H37N3O3S. The molecule has 2 aliphatic heterocycles. The van der Waals surface area contributed by atoms with Crippen molar-refractivity contribution in [1.82, 2.24) is 14.7 Å². The van der Waals surface area contributed by atoms with Gasteiger partial charge in [-0.05, 0) is 54.0 Å². The SMILES string of the molecule is Cc1ccccc1C1c2ccsc2CCN1CCC(=O)N1CCN(C(=O)COCc2ccccc2)C(C)C1. The second-order valence-corrected chi connectivity index (χ2v) is 11.3. The maximum absolute atomic E-state index is 13.3.